The fourth-order valence-corrected chi connectivity index (χ4v) is 2.67. The van der Waals surface area contributed by atoms with Crippen molar-refractivity contribution in [3.8, 4) is 34.4 Å². The minimum absolute atomic E-state index is 0.0767. The molecule has 0 bridgehead atoms. The second-order valence-electron chi connectivity index (χ2n) is 6.42. The summed E-state index contributed by atoms with van der Waals surface area (Å²) in [6.45, 7) is 3.93. The Morgan fingerprint density at radius 3 is 2.46 bits per heavy atom. The van der Waals surface area contributed by atoms with Crippen molar-refractivity contribution in [1.82, 2.24) is 19.9 Å². The molecule has 2 aromatic heterocycles. The van der Waals surface area contributed by atoms with Gasteiger partial charge in [-0.25, -0.2) is 4.68 Å². The fourth-order valence-electron chi connectivity index (χ4n) is 2.67. The molecule has 0 aliphatic carbocycles. The fraction of sp³-hybridized carbons (Fsp3) is 0.143. The average Bonchev–Trinajstić information content (AvgIpc) is 3.19. The van der Waals surface area contributed by atoms with Crippen LogP contribution in [-0.4, -0.2) is 26.0 Å². The van der Waals surface area contributed by atoms with Crippen molar-refractivity contribution >= 4 is 0 Å². The Kier molecular flexibility index (Phi) is 4.72. The maximum Gasteiger partial charge on any atom is 0.282 e. The van der Waals surface area contributed by atoms with E-state index in [1.807, 2.05) is 68.4 Å². The van der Waals surface area contributed by atoms with Crippen LogP contribution in [-0.2, 0) is 0 Å². The Hall–Kier alpha value is -3.74. The second kappa shape index (κ2) is 7.48. The number of para-hydroxylation sites is 1. The quantitative estimate of drug-likeness (QED) is 0.529. The van der Waals surface area contributed by atoms with Crippen LogP contribution in [0.2, 0.25) is 0 Å². The van der Waals surface area contributed by atoms with Crippen LogP contribution in [0.3, 0.4) is 0 Å². The predicted octanol–water partition coefficient (Wildman–Crippen LogP) is 3.74. The van der Waals surface area contributed by atoms with Gasteiger partial charge in [-0.2, -0.15) is 10.1 Å². The first-order valence-electron chi connectivity index (χ1n) is 8.87. The van der Waals surface area contributed by atoms with Gasteiger partial charge in [0.05, 0.1) is 11.8 Å². The minimum Gasteiger partial charge on any atom is -0.491 e. The summed E-state index contributed by atoms with van der Waals surface area (Å²) in [5.74, 6) is 1.22. The van der Waals surface area contributed by atoms with E-state index in [2.05, 4.69) is 15.2 Å². The summed E-state index contributed by atoms with van der Waals surface area (Å²) in [5.41, 5.74) is 1.39. The highest BCUT2D eigenvalue weighted by Gasteiger charge is 2.16. The summed E-state index contributed by atoms with van der Waals surface area (Å²) < 4.78 is 12.5. The third-order valence-corrected chi connectivity index (χ3v) is 3.94. The maximum atomic E-state index is 12.3. The molecule has 0 aliphatic heterocycles. The first-order chi connectivity index (χ1) is 13.6. The van der Waals surface area contributed by atoms with Crippen molar-refractivity contribution in [1.29, 1.82) is 0 Å². The molecule has 7 heteroatoms. The molecule has 0 radical (unpaired) electrons. The van der Waals surface area contributed by atoms with E-state index in [9.17, 15) is 4.79 Å². The van der Waals surface area contributed by atoms with Crippen LogP contribution in [0.5, 0.6) is 5.75 Å². The molecular formula is C21H18N4O3. The Labute approximate surface area is 161 Å². The first-order valence-corrected chi connectivity index (χ1v) is 8.87. The molecular weight excluding hydrogens is 356 g/mol. The van der Waals surface area contributed by atoms with Gasteiger partial charge in [0.2, 0.25) is 11.3 Å². The first kappa shape index (κ1) is 17.7. The number of rotatable bonds is 5. The molecule has 0 unspecified atom stereocenters. The zero-order chi connectivity index (χ0) is 19.5. The number of nitrogens with zero attached hydrogens (tertiary/aromatic N) is 4. The van der Waals surface area contributed by atoms with Crippen LogP contribution >= 0.6 is 0 Å². The molecule has 0 amide bonds. The normalized spacial score (nSPS) is 11.0. The van der Waals surface area contributed by atoms with Gasteiger partial charge in [-0.15, -0.1) is 0 Å². The zero-order valence-electron chi connectivity index (χ0n) is 15.4. The lowest BCUT2D eigenvalue weighted by atomic mass is 10.2. The highest BCUT2D eigenvalue weighted by atomic mass is 16.5. The van der Waals surface area contributed by atoms with Crippen LogP contribution < -0.4 is 10.2 Å². The van der Waals surface area contributed by atoms with E-state index in [-0.39, 0.29) is 23.1 Å². The van der Waals surface area contributed by atoms with E-state index < -0.39 is 0 Å². The van der Waals surface area contributed by atoms with Crippen molar-refractivity contribution in [2.24, 2.45) is 0 Å². The number of ether oxygens (including phenoxy) is 1. The lowest BCUT2D eigenvalue weighted by Gasteiger charge is -2.09. The summed E-state index contributed by atoms with van der Waals surface area (Å²) in [5, 5.41) is 8.34. The second-order valence-corrected chi connectivity index (χ2v) is 6.42. The van der Waals surface area contributed by atoms with E-state index >= 15 is 0 Å². The third-order valence-electron chi connectivity index (χ3n) is 3.94. The van der Waals surface area contributed by atoms with Crippen LogP contribution in [0.1, 0.15) is 13.8 Å². The van der Waals surface area contributed by atoms with E-state index in [4.69, 9.17) is 9.26 Å². The van der Waals surface area contributed by atoms with Crippen LogP contribution in [0.25, 0.3) is 28.7 Å². The van der Waals surface area contributed by atoms with Crippen molar-refractivity contribution in [3.05, 3.63) is 77.1 Å². The van der Waals surface area contributed by atoms with Crippen molar-refractivity contribution in [2.45, 2.75) is 20.0 Å². The Bertz CT molecular complexity index is 1130. The lowest BCUT2D eigenvalue weighted by molar-refractivity contribution is 0.242. The molecule has 0 saturated heterocycles. The molecule has 4 aromatic rings. The topological polar surface area (TPSA) is 83.0 Å². The van der Waals surface area contributed by atoms with Crippen LogP contribution in [0.15, 0.2) is 76.2 Å². The number of benzene rings is 2. The summed E-state index contributed by atoms with van der Waals surface area (Å²) in [6, 6.07) is 18.3. The largest absolute Gasteiger partial charge is 0.491 e. The lowest BCUT2D eigenvalue weighted by Crippen LogP contribution is -2.12. The van der Waals surface area contributed by atoms with Gasteiger partial charge in [0.15, 0.2) is 5.69 Å². The number of hydrogen-bond acceptors (Lipinski definition) is 6. The van der Waals surface area contributed by atoms with Crippen LogP contribution in [0.4, 0.5) is 0 Å². The molecule has 0 saturated carbocycles. The summed E-state index contributed by atoms with van der Waals surface area (Å²) >= 11 is 0. The molecule has 0 N–H and O–H groups in total. The minimum atomic E-state index is -0.289. The Morgan fingerprint density at radius 1 is 1.00 bits per heavy atom. The maximum absolute atomic E-state index is 12.3. The number of aromatic nitrogens is 4. The van der Waals surface area contributed by atoms with Crippen molar-refractivity contribution < 1.29 is 9.26 Å². The van der Waals surface area contributed by atoms with E-state index in [0.29, 0.717) is 5.82 Å². The van der Waals surface area contributed by atoms with Gasteiger partial charge in [-0.1, -0.05) is 23.4 Å². The van der Waals surface area contributed by atoms with Gasteiger partial charge >= 0.3 is 0 Å². The molecule has 7 nitrogen and oxygen atoms in total. The van der Waals surface area contributed by atoms with E-state index in [0.717, 1.165) is 17.0 Å². The SMILES string of the molecule is CC(C)Oc1ccc(-c2noc(-c3nn(-c4ccccc4)ccc3=O)n2)cc1. The third kappa shape index (κ3) is 3.68. The summed E-state index contributed by atoms with van der Waals surface area (Å²) in [6.07, 6.45) is 1.70. The summed E-state index contributed by atoms with van der Waals surface area (Å²) in [7, 11) is 0. The van der Waals surface area contributed by atoms with Crippen LogP contribution in [0, 0.1) is 0 Å². The molecule has 0 aliphatic rings. The Morgan fingerprint density at radius 2 is 1.75 bits per heavy atom. The van der Waals surface area contributed by atoms with Gasteiger partial charge in [0.1, 0.15) is 5.75 Å². The van der Waals surface area contributed by atoms with E-state index in [1.54, 1.807) is 10.9 Å². The van der Waals surface area contributed by atoms with Crippen molar-refractivity contribution in [3.63, 3.8) is 0 Å². The molecule has 2 heterocycles. The molecule has 140 valence electrons. The van der Waals surface area contributed by atoms with Gasteiger partial charge < -0.3 is 9.26 Å². The molecule has 0 atom stereocenters. The van der Waals surface area contributed by atoms with Gasteiger partial charge in [-0.3, -0.25) is 4.79 Å². The molecule has 0 spiro atoms. The molecule has 28 heavy (non-hydrogen) atoms. The zero-order valence-corrected chi connectivity index (χ0v) is 15.4. The van der Waals surface area contributed by atoms with Gasteiger partial charge in [0.25, 0.3) is 5.89 Å². The smallest absolute Gasteiger partial charge is 0.282 e. The average molecular weight is 374 g/mol. The molecule has 4 rings (SSSR count). The highest BCUT2D eigenvalue weighted by molar-refractivity contribution is 5.58. The summed E-state index contributed by atoms with van der Waals surface area (Å²) in [4.78, 5) is 16.6. The highest BCUT2D eigenvalue weighted by Crippen LogP contribution is 2.22. The Balaban J connectivity index is 1.65. The molecule has 2 aromatic carbocycles. The number of hydrogen-bond donors (Lipinski definition) is 0. The predicted molar refractivity (Wildman–Crippen MR) is 104 cm³/mol. The van der Waals surface area contributed by atoms with Crippen molar-refractivity contribution in [2.75, 3.05) is 0 Å². The van der Waals surface area contributed by atoms with Gasteiger partial charge in [-0.05, 0) is 50.2 Å². The standard InChI is InChI=1S/C21H18N4O3/c1-14(2)27-17-10-8-15(9-11-17)20-22-21(28-24-20)19-18(26)12-13-25(23-19)16-6-4-3-5-7-16/h3-14H,1-2H3. The van der Waals surface area contributed by atoms with Gasteiger partial charge in [0, 0.05) is 17.8 Å². The monoisotopic (exact) mass is 374 g/mol. The molecule has 0 fully saturated rings. The van der Waals surface area contributed by atoms with E-state index in [1.165, 1.54) is 6.07 Å².